The van der Waals surface area contributed by atoms with Crippen molar-refractivity contribution in [3.8, 4) is 0 Å². The smallest absolute Gasteiger partial charge is 0.261 e. The summed E-state index contributed by atoms with van der Waals surface area (Å²) in [6, 6.07) is 0. The van der Waals surface area contributed by atoms with Crippen LogP contribution in [-0.4, -0.2) is 17.0 Å². The van der Waals surface area contributed by atoms with Gasteiger partial charge in [-0.25, -0.2) is 0 Å². The lowest BCUT2D eigenvalue weighted by atomic mass is 9.85. The minimum Gasteiger partial charge on any atom is -0.365 e. The van der Waals surface area contributed by atoms with E-state index in [0.29, 0.717) is 33.5 Å². The van der Waals surface area contributed by atoms with E-state index in [0.717, 1.165) is 36.1 Å². The molecule has 0 aromatic carbocycles. The van der Waals surface area contributed by atoms with Gasteiger partial charge in [-0.05, 0) is 44.6 Å². The number of nitrogens with one attached hydrogen (secondary N) is 1. The lowest BCUT2D eigenvalue weighted by Crippen LogP contribution is -2.20. The van der Waals surface area contributed by atoms with Crippen LogP contribution in [0.2, 0.25) is 0 Å². The van der Waals surface area contributed by atoms with Crippen molar-refractivity contribution < 1.29 is 14.1 Å². The van der Waals surface area contributed by atoms with Crippen molar-refractivity contribution >= 4 is 28.2 Å². The second-order valence-corrected chi connectivity index (χ2v) is 7.35. The summed E-state index contributed by atoms with van der Waals surface area (Å²) in [6.45, 7) is 5.58. The fraction of sp³-hybridized carbons (Fsp3) is 0.471. The molecule has 128 valence electrons. The van der Waals surface area contributed by atoms with E-state index in [9.17, 15) is 9.59 Å². The maximum Gasteiger partial charge on any atom is 0.261 e. The van der Waals surface area contributed by atoms with Crippen LogP contribution < -0.4 is 11.1 Å². The number of carbonyl (C=O) groups is 2. The van der Waals surface area contributed by atoms with E-state index in [1.165, 1.54) is 11.3 Å². The molecule has 0 unspecified atom stereocenters. The Morgan fingerprint density at radius 2 is 2.12 bits per heavy atom. The van der Waals surface area contributed by atoms with Crippen LogP contribution in [0.5, 0.6) is 0 Å². The number of thiophene rings is 1. The minimum absolute atomic E-state index is 0.320. The summed E-state index contributed by atoms with van der Waals surface area (Å²) in [5, 5.41) is 7.18. The van der Waals surface area contributed by atoms with Gasteiger partial charge in [0.25, 0.3) is 11.8 Å². The highest BCUT2D eigenvalue weighted by Crippen LogP contribution is 2.40. The summed E-state index contributed by atoms with van der Waals surface area (Å²) in [5.41, 5.74) is 7.99. The SMILES string of the molecule is CC[C@@H]1CCc2c(sc(NC(=O)c3c(C)noc3C)c2C(N)=O)C1. The van der Waals surface area contributed by atoms with Gasteiger partial charge >= 0.3 is 0 Å². The van der Waals surface area contributed by atoms with Crippen LogP contribution in [-0.2, 0) is 12.8 Å². The molecule has 6 nitrogen and oxygen atoms in total. The summed E-state index contributed by atoms with van der Waals surface area (Å²) in [5.74, 6) is 0.275. The number of aryl methyl sites for hydroxylation is 2. The van der Waals surface area contributed by atoms with E-state index in [2.05, 4.69) is 17.4 Å². The third kappa shape index (κ3) is 2.84. The van der Waals surface area contributed by atoms with Crippen molar-refractivity contribution in [3.05, 3.63) is 33.0 Å². The fourth-order valence-corrected chi connectivity index (χ4v) is 4.69. The third-order valence-electron chi connectivity index (χ3n) is 4.68. The van der Waals surface area contributed by atoms with Gasteiger partial charge in [0.2, 0.25) is 0 Å². The summed E-state index contributed by atoms with van der Waals surface area (Å²) in [6.07, 6.45) is 3.95. The Labute approximate surface area is 144 Å². The molecule has 2 aromatic rings. The number of hydrogen-bond donors (Lipinski definition) is 2. The molecule has 2 heterocycles. The molecule has 2 aromatic heterocycles. The van der Waals surface area contributed by atoms with Crippen molar-refractivity contribution in [1.82, 2.24) is 5.16 Å². The zero-order chi connectivity index (χ0) is 17.4. The Bertz CT molecular complexity index is 787. The topological polar surface area (TPSA) is 98.2 Å². The maximum absolute atomic E-state index is 12.6. The number of hydrogen-bond acceptors (Lipinski definition) is 5. The second-order valence-electron chi connectivity index (χ2n) is 6.24. The normalized spacial score (nSPS) is 16.7. The Morgan fingerprint density at radius 1 is 1.38 bits per heavy atom. The fourth-order valence-electron chi connectivity index (χ4n) is 3.32. The van der Waals surface area contributed by atoms with Gasteiger partial charge in [-0.2, -0.15) is 0 Å². The molecule has 0 bridgehead atoms. The first kappa shape index (κ1) is 16.7. The first-order valence-electron chi connectivity index (χ1n) is 8.10. The van der Waals surface area contributed by atoms with E-state index in [-0.39, 0.29) is 5.91 Å². The Balaban J connectivity index is 1.95. The number of rotatable bonds is 4. The van der Waals surface area contributed by atoms with Crippen molar-refractivity contribution in [2.75, 3.05) is 5.32 Å². The van der Waals surface area contributed by atoms with Gasteiger partial charge < -0.3 is 15.6 Å². The molecule has 2 amide bonds. The largest absolute Gasteiger partial charge is 0.365 e. The van der Waals surface area contributed by atoms with Crippen molar-refractivity contribution in [3.63, 3.8) is 0 Å². The van der Waals surface area contributed by atoms with Crippen LogP contribution in [0.1, 0.15) is 62.4 Å². The molecular formula is C17H21N3O3S. The van der Waals surface area contributed by atoms with Gasteiger partial charge in [-0.3, -0.25) is 9.59 Å². The number of nitrogens with two attached hydrogens (primary N) is 1. The second kappa shape index (κ2) is 6.39. The first-order valence-corrected chi connectivity index (χ1v) is 8.92. The van der Waals surface area contributed by atoms with Crippen LogP contribution in [0, 0.1) is 19.8 Å². The van der Waals surface area contributed by atoms with Gasteiger partial charge in [0.15, 0.2) is 0 Å². The van der Waals surface area contributed by atoms with E-state index >= 15 is 0 Å². The predicted octanol–water partition coefficient (Wildman–Crippen LogP) is 3.22. The molecule has 3 rings (SSSR count). The number of carbonyl (C=O) groups excluding carboxylic acids is 2. The van der Waals surface area contributed by atoms with E-state index in [4.69, 9.17) is 10.3 Å². The highest BCUT2D eigenvalue weighted by molar-refractivity contribution is 7.17. The summed E-state index contributed by atoms with van der Waals surface area (Å²) in [7, 11) is 0. The summed E-state index contributed by atoms with van der Waals surface area (Å²) < 4.78 is 5.04. The monoisotopic (exact) mass is 347 g/mol. The van der Waals surface area contributed by atoms with Gasteiger partial charge in [0.1, 0.15) is 16.3 Å². The number of fused-ring (bicyclic) bond motifs is 1. The van der Waals surface area contributed by atoms with Crippen LogP contribution >= 0.6 is 11.3 Å². The summed E-state index contributed by atoms with van der Waals surface area (Å²) >= 11 is 1.46. The van der Waals surface area contributed by atoms with Gasteiger partial charge in [-0.1, -0.05) is 18.5 Å². The lowest BCUT2D eigenvalue weighted by molar-refractivity contribution is 0.1000. The molecular weight excluding hydrogens is 326 g/mol. The quantitative estimate of drug-likeness (QED) is 0.887. The Hall–Kier alpha value is -2.15. The lowest BCUT2D eigenvalue weighted by Gasteiger charge is -2.20. The predicted molar refractivity (Wildman–Crippen MR) is 92.6 cm³/mol. The van der Waals surface area contributed by atoms with Crippen molar-refractivity contribution in [2.24, 2.45) is 11.7 Å². The van der Waals surface area contributed by atoms with Crippen LogP contribution in [0.15, 0.2) is 4.52 Å². The van der Waals surface area contributed by atoms with Gasteiger partial charge in [0.05, 0.1) is 11.3 Å². The van der Waals surface area contributed by atoms with E-state index in [1.807, 2.05) is 0 Å². The minimum atomic E-state index is -0.489. The molecule has 3 N–H and O–H groups in total. The van der Waals surface area contributed by atoms with Crippen molar-refractivity contribution in [2.45, 2.75) is 46.5 Å². The van der Waals surface area contributed by atoms with E-state index < -0.39 is 5.91 Å². The van der Waals surface area contributed by atoms with Crippen LogP contribution in [0.25, 0.3) is 0 Å². The highest BCUT2D eigenvalue weighted by Gasteiger charge is 2.29. The van der Waals surface area contributed by atoms with Gasteiger partial charge in [-0.15, -0.1) is 11.3 Å². The molecule has 0 fully saturated rings. The molecule has 0 saturated carbocycles. The molecule has 1 aliphatic carbocycles. The molecule has 0 saturated heterocycles. The zero-order valence-electron chi connectivity index (χ0n) is 14.1. The Morgan fingerprint density at radius 3 is 2.71 bits per heavy atom. The zero-order valence-corrected chi connectivity index (χ0v) is 14.9. The average molecular weight is 347 g/mol. The van der Waals surface area contributed by atoms with Crippen LogP contribution in [0.4, 0.5) is 5.00 Å². The number of nitrogens with zero attached hydrogens (tertiary/aromatic N) is 1. The van der Waals surface area contributed by atoms with E-state index in [1.54, 1.807) is 13.8 Å². The number of primary amides is 1. The van der Waals surface area contributed by atoms with Crippen molar-refractivity contribution in [1.29, 1.82) is 0 Å². The molecule has 7 heteroatoms. The molecule has 0 aliphatic heterocycles. The first-order chi connectivity index (χ1) is 11.4. The summed E-state index contributed by atoms with van der Waals surface area (Å²) in [4.78, 5) is 25.7. The molecule has 1 aliphatic rings. The number of aromatic nitrogens is 1. The van der Waals surface area contributed by atoms with Gasteiger partial charge in [0, 0.05) is 4.88 Å². The van der Waals surface area contributed by atoms with Crippen LogP contribution in [0.3, 0.4) is 0 Å². The standard InChI is InChI=1S/C17H21N3O3S/c1-4-10-5-6-11-12(7-10)24-17(14(11)15(18)21)19-16(22)13-8(2)20-23-9(13)3/h10H,4-7H2,1-3H3,(H2,18,21)(H,19,22)/t10-/m1/s1. The maximum atomic E-state index is 12.6. The molecule has 0 spiro atoms. The molecule has 1 atom stereocenters. The average Bonchev–Trinajstić information content (AvgIpc) is 3.05. The number of amides is 2. The third-order valence-corrected chi connectivity index (χ3v) is 5.85. The number of anilines is 1. The highest BCUT2D eigenvalue weighted by atomic mass is 32.1. The molecule has 24 heavy (non-hydrogen) atoms. The molecule has 0 radical (unpaired) electrons. The Kier molecular flexibility index (Phi) is 4.45.